The summed E-state index contributed by atoms with van der Waals surface area (Å²) in [4.78, 5) is 31.3. The first-order chi connectivity index (χ1) is 18.3. The van der Waals surface area contributed by atoms with Crippen molar-refractivity contribution >= 4 is 53.5 Å². The molecule has 4 rings (SSSR count). The Morgan fingerprint density at radius 1 is 1.41 bits per heavy atom. The number of carbonyl (C=O) groups excluding carboxylic acids is 1. The zero-order valence-electron chi connectivity index (χ0n) is 21.1. The SMILES string of the molecule is CCOC(=O)[C@H](C)NP(=O)(OC[C@H]1O[C@@H](c2scc3c(=O)[nH]c(N)nc23)[C@](C)(O)[C@@H]1O)Oc1ccc(Cl)cc1. The first-order valence-electron chi connectivity index (χ1n) is 11.8. The lowest BCUT2D eigenvalue weighted by atomic mass is 9.92. The third kappa shape index (κ3) is 6.28. The van der Waals surface area contributed by atoms with Crippen LogP contribution in [0.25, 0.3) is 10.9 Å². The number of ether oxygens (including phenoxy) is 2. The van der Waals surface area contributed by atoms with Crippen LogP contribution < -0.4 is 20.9 Å². The molecule has 1 aromatic carbocycles. The van der Waals surface area contributed by atoms with Crippen LogP contribution in [0.1, 0.15) is 31.8 Å². The molecule has 1 unspecified atom stereocenters. The van der Waals surface area contributed by atoms with E-state index >= 15 is 0 Å². The van der Waals surface area contributed by atoms with Crippen molar-refractivity contribution in [2.45, 2.75) is 50.7 Å². The Kier molecular flexibility index (Phi) is 8.69. The maximum Gasteiger partial charge on any atom is 0.459 e. The number of halogens is 1. The van der Waals surface area contributed by atoms with Crippen LogP contribution in [0.15, 0.2) is 34.4 Å². The van der Waals surface area contributed by atoms with Gasteiger partial charge in [-0.1, -0.05) is 11.6 Å². The molecule has 39 heavy (non-hydrogen) atoms. The molecule has 0 radical (unpaired) electrons. The highest BCUT2D eigenvalue weighted by molar-refractivity contribution is 7.52. The van der Waals surface area contributed by atoms with E-state index in [1.807, 2.05) is 0 Å². The summed E-state index contributed by atoms with van der Waals surface area (Å²) < 4.78 is 35.8. The van der Waals surface area contributed by atoms with Crippen LogP contribution in [-0.2, 0) is 23.4 Å². The molecule has 0 spiro atoms. The summed E-state index contributed by atoms with van der Waals surface area (Å²) in [7, 11) is -4.28. The molecule has 13 nitrogen and oxygen atoms in total. The summed E-state index contributed by atoms with van der Waals surface area (Å²) in [5, 5.41) is 26.8. The van der Waals surface area contributed by atoms with E-state index in [-0.39, 0.29) is 29.2 Å². The summed E-state index contributed by atoms with van der Waals surface area (Å²) in [5.74, 6) is -0.678. The highest BCUT2D eigenvalue weighted by Crippen LogP contribution is 2.49. The van der Waals surface area contributed by atoms with Gasteiger partial charge in [-0.15, -0.1) is 11.3 Å². The van der Waals surface area contributed by atoms with E-state index in [1.54, 1.807) is 12.3 Å². The number of aromatic nitrogens is 2. The minimum Gasteiger partial charge on any atom is -0.465 e. The average molecular weight is 603 g/mol. The van der Waals surface area contributed by atoms with Crippen LogP contribution in [0.4, 0.5) is 5.95 Å². The van der Waals surface area contributed by atoms with Crippen molar-refractivity contribution < 1.29 is 38.1 Å². The zero-order chi connectivity index (χ0) is 28.5. The van der Waals surface area contributed by atoms with Crippen molar-refractivity contribution in [3.8, 4) is 5.75 Å². The number of anilines is 1. The Labute approximate surface area is 231 Å². The quantitative estimate of drug-likeness (QED) is 0.168. The second-order valence-electron chi connectivity index (χ2n) is 8.98. The molecular weight excluding hydrogens is 575 g/mol. The smallest absolute Gasteiger partial charge is 0.459 e. The van der Waals surface area contributed by atoms with Gasteiger partial charge in [-0.25, -0.2) is 9.55 Å². The van der Waals surface area contributed by atoms with E-state index < -0.39 is 55.8 Å². The highest BCUT2D eigenvalue weighted by Gasteiger charge is 2.54. The average Bonchev–Trinajstić information content (AvgIpc) is 3.37. The molecule has 6 atom stereocenters. The van der Waals surface area contributed by atoms with E-state index in [9.17, 15) is 24.4 Å². The van der Waals surface area contributed by atoms with Gasteiger partial charge >= 0.3 is 13.7 Å². The van der Waals surface area contributed by atoms with Gasteiger partial charge in [0.15, 0.2) is 0 Å². The third-order valence-electron chi connectivity index (χ3n) is 5.98. The lowest BCUT2D eigenvalue weighted by Gasteiger charge is -2.26. The van der Waals surface area contributed by atoms with Gasteiger partial charge in [0.05, 0.1) is 29.0 Å². The molecule has 0 saturated carbocycles. The van der Waals surface area contributed by atoms with E-state index in [4.69, 9.17) is 35.9 Å². The van der Waals surface area contributed by atoms with Crippen molar-refractivity contribution in [3.63, 3.8) is 0 Å². The monoisotopic (exact) mass is 602 g/mol. The number of nitrogen functional groups attached to an aromatic ring is 1. The van der Waals surface area contributed by atoms with Gasteiger partial charge in [-0.3, -0.25) is 19.1 Å². The standard InChI is InChI=1S/C23H28ClN4O9PS/c1-4-34-21(31)11(2)28-38(33,37-13-7-5-12(24)6-8-13)35-9-15-18(29)23(3,32)19(36-15)17-16-14(10-39-17)20(30)27-22(25)26-16/h5-8,10-11,15,18-19,29,32H,4,9H2,1-3H3,(H,28,33)(H3,25,26,27,30)/t11-,15+,18+,19-,23+,38?/m0/s1. The summed E-state index contributed by atoms with van der Waals surface area (Å²) in [6.07, 6.45) is -3.82. The van der Waals surface area contributed by atoms with Crippen LogP contribution in [0.3, 0.4) is 0 Å². The first kappa shape index (κ1) is 29.4. The predicted octanol–water partition coefficient (Wildman–Crippen LogP) is 2.52. The maximum atomic E-state index is 13.7. The fourth-order valence-electron chi connectivity index (χ4n) is 3.99. The van der Waals surface area contributed by atoms with E-state index in [0.717, 1.165) is 11.3 Å². The molecule has 3 aromatic rings. The van der Waals surface area contributed by atoms with Crippen molar-refractivity contribution in [2.24, 2.45) is 0 Å². The Bertz CT molecular complexity index is 1450. The fourth-order valence-corrected chi connectivity index (χ4v) is 6.77. The maximum absolute atomic E-state index is 13.7. The van der Waals surface area contributed by atoms with E-state index in [2.05, 4.69) is 15.1 Å². The zero-order valence-corrected chi connectivity index (χ0v) is 23.6. The number of hydrogen-bond acceptors (Lipinski definition) is 12. The van der Waals surface area contributed by atoms with Crippen molar-refractivity contribution in [2.75, 3.05) is 18.9 Å². The van der Waals surface area contributed by atoms with Crippen molar-refractivity contribution in [3.05, 3.63) is 49.9 Å². The van der Waals surface area contributed by atoms with Gasteiger partial charge in [0.1, 0.15) is 35.7 Å². The molecule has 0 amide bonds. The number of esters is 1. The molecule has 212 valence electrons. The molecule has 6 N–H and O–H groups in total. The normalized spacial score (nSPS) is 25.3. The van der Waals surface area contributed by atoms with Crippen LogP contribution in [0.5, 0.6) is 5.75 Å². The van der Waals surface area contributed by atoms with Gasteiger partial charge in [-0.2, -0.15) is 5.09 Å². The number of H-pyrrole nitrogens is 1. The third-order valence-corrected chi connectivity index (χ3v) is 8.89. The number of hydrogen-bond donors (Lipinski definition) is 5. The van der Waals surface area contributed by atoms with Crippen molar-refractivity contribution in [1.29, 1.82) is 0 Å². The fraction of sp³-hybridized carbons (Fsp3) is 0.435. The first-order valence-corrected chi connectivity index (χ1v) is 14.6. The molecule has 1 fully saturated rings. The Balaban J connectivity index is 1.57. The number of benzene rings is 1. The second-order valence-corrected chi connectivity index (χ2v) is 12.0. The Hall–Kier alpha value is -2.55. The van der Waals surface area contributed by atoms with Gasteiger partial charge in [0.2, 0.25) is 5.95 Å². The van der Waals surface area contributed by atoms with Crippen LogP contribution >= 0.6 is 30.7 Å². The van der Waals surface area contributed by atoms with Crippen LogP contribution in [0.2, 0.25) is 5.02 Å². The summed E-state index contributed by atoms with van der Waals surface area (Å²) in [5.41, 5.74) is 3.61. The van der Waals surface area contributed by atoms with Gasteiger partial charge in [0, 0.05) is 10.4 Å². The second kappa shape index (κ2) is 11.5. The number of nitrogens with zero attached hydrogens (tertiary/aromatic N) is 1. The number of rotatable bonds is 10. The molecule has 1 aliphatic rings. The molecule has 0 aliphatic carbocycles. The molecule has 16 heteroatoms. The number of carbonyl (C=O) groups is 1. The Morgan fingerprint density at radius 2 is 2.10 bits per heavy atom. The number of fused-ring (bicyclic) bond motifs is 1. The minimum atomic E-state index is -4.28. The van der Waals surface area contributed by atoms with E-state index in [1.165, 1.54) is 38.1 Å². The number of aliphatic hydroxyl groups is 2. The van der Waals surface area contributed by atoms with Gasteiger partial charge in [-0.05, 0) is 45.0 Å². The molecule has 1 aliphatic heterocycles. The minimum absolute atomic E-state index is 0.108. The number of aromatic amines is 1. The Morgan fingerprint density at radius 3 is 2.77 bits per heavy atom. The van der Waals surface area contributed by atoms with Crippen LogP contribution in [-0.4, -0.2) is 63.2 Å². The largest absolute Gasteiger partial charge is 0.465 e. The number of nitrogens with two attached hydrogens (primary N) is 1. The summed E-state index contributed by atoms with van der Waals surface area (Å²) in [6, 6.07) is 4.86. The molecule has 3 heterocycles. The van der Waals surface area contributed by atoms with Gasteiger partial charge < -0.3 is 29.9 Å². The molecular formula is C23H28ClN4O9PS. The number of nitrogens with one attached hydrogen (secondary N) is 2. The summed E-state index contributed by atoms with van der Waals surface area (Å²) >= 11 is 7.02. The lowest BCUT2D eigenvalue weighted by Crippen LogP contribution is -2.43. The van der Waals surface area contributed by atoms with Crippen molar-refractivity contribution in [1.82, 2.24) is 15.1 Å². The topological polar surface area (TPSA) is 195 Å². The van der Waals surface area contributed by atoms with Crippen LogP contribution in [0, 0.1) is 0 Å². The number of aliphatic hydroxyl groups excluding tert-OH is 1. The summed E-state index contributed by atoms with van der Waals surface area (Å²) in [6.45, 7) is 4.00. The predicted molar refractivity (Wildman–Crippen MR) is 144 cm³/mol. The van der Waals surface area contributed by atoms with E-state index in [0.29, 0.717) is 9.90 Å². The molecule has 1 saturated heterocycles. The molecule has 0 bridgehead atoms. The lowest BCUT2D eigenvalue weighted by molar-refractivity contribution is -0.144. The number of thiophene rings is 1. The molecule has 2 aromatic heterocycles. The van der Waals surface area contributed by atoms with Gasteiger partial charge in [0.25, 0.3) is 5.56 Å². The highest BCUT2D eigenvalue weighted by atomic mass is 35.5.